The molecule has 5 nitrogen and oxygen atoms in total. The Kier molecular flexibility index (Phi) is 2.57. The van der Waals surface area contributed by atoms with Crippen LogP contribution in [-0.2, 0) is 0 Å². The van der Waals surface area contributed by atoms with E-state index in [2.05, 4.69) is 10.2 Å². The van der Waals surface area contributed by atoms with Crippen LogP contribution in [0.15, 0.2) is 12.1 Å². The number of amidine groups is 1. The predicted molar refractivity (Wildman–Crippen MR) is 44.2 cm³/mol. The number of hydrogen-bond acceptors (Lipinski definition) is 4. The molecule has 64 valence electrons. The maximum atomic E-state index is 7.04. The molecule has 1 rings (SSSR count). The summed E-state index contributed by atoms with van der Waals surface area (Å²) in [6.07, 6.45) is 0. The molecular weight excluding hydrogens is 156 g/mol. The molecule has 0 unspecified atom stereocenters. The first-order valence-corrected chi connectivity index (χ1v) is 3.55. The fourth-order valence-electron chi connectivity index (χ4n) is 0.689. The van der Waals surface area contributed by atoms with Crippen LogP contribution in [0.5, 0.6) is 5.88 Å². The molecule has 1 heterocycles. The highest BCUT2D eigenvalue weighted by Gasteiger charge is 1.99. The van der Waals surface area contributed by atoms with Crippen LogP contribution in [0.4, 0.5) is 0 Å². The SMILES string of the molecule is CCOc1ccc(C(=N)N)nn1. The van der Waals surface area contributed by atoms with Crippen LogP contribution in [0.3, 0.4) is 0 Å². The van der Waals surface area contributed by atoms with Gasteiger partial charge >= 0.3 is 0 Å². The normalized spacial score (nSPS) is 9.42. The van der Waals surface area contributed by atoms with E-state index in [1.165, 1.54) is 0 Å². The van der Waals surface area contributed by atoms with Gasteiger partial charge in [0.05, 0.1) is 6.61 Å². The van der Waals surface area contributed by atoms with E-state index in [9.17, 15) is 0 Å². The lowest BCUT2D eigenvalue weighted by molar-refractivity contribution is 0.322. The summed E-state index contributed by atoms with van der Waals surface area (Å²) in [6.45, 7) is 2.41. The van der Waals surface area contributed by atoms with Crippen LogP contribution in [-0.4, -0.2) is 22.6 Å². The van der Waals surface area contributed by atoms with Gasteiger partial charge in [0.25, 0.3) is 0 Å². The lowest BCUT2D eigenvalue weighted by Gasteiger charge is -2.00. The minimum absolute atomic E-state index is 0.0921. The minimum atomic E-state index is -0.0921. The average Bonchev–Trinajstić information content (AvgIpc) is 2.06. The highest BCUT2D eigenvalue weighted by atomic mass is 16.5. The third-order valence-corrected chi connectivity index (χ3v) is 1.21. The van der Waals surface area contributed by atoms with Crippen molar-refractivity contribution in [2.24, 2.45) is 5.73 Å². The Labute approximate surface area is 70.1 Å². The largest absolute Gasteiger partial charge is 0.477 e. The van der Waals surface area contributed by atoms with Crippen LogP contribution in [0.1, 0.15) is 12.6 Å². The maximum Gasteiger partial charge on any atom is 0.233 e. The zero-order valence-electron chi connectivity index (χ0n) is 6.74. The van der Waals surface area contributed by atoms with E-state index in [4.69, 9.17) is 15.9 Å². The average molecular weight is 166 g/mol. The Morgan fingerprint density at radius 3 is 2.75 bits per heavy atom. The zero-order valence-corrected chi connectivity index (χ0v) is 6.74. The van der Waals surface area contributed by atoms with Crippen molar-refractivity contribution in [1.29, 1.82) is 5.41 Å². The van der Waals surface area contributed by atoms with Gasteiger partial charge in [0.1, 0.15) is 11.5 Å². The van der Waals surface area contributed by atoms with Gasteiger partial charge in [-0.25, -0.2) is 0 Å². The van der Waals surface area contributed by atoms with E-state index in [-0.39, 0.29) is 5.84 Å². The Morgan fingerprint density at radius 2 is 2.33 bits per heavy atom. The van der Waals surface area contributed by atoms with Crippen molar-refractivity contribution in [1.82, 2.24) is 10.2 Å². The number of ether oxygens (including phenoxy) is 1. The summed E-state index contributed by atoms with van der Waals surface area (Å²) in [5.41, 5.74) is 5.54. The van der Waals surface area contributed by atoms with Crippen molar-refractivity contribution in [3.8, 4) is 5.88 Å². The van der Waals surface area contributed by atoms with Crippen LogP contribution in [0, 0.1) is 5.41 Å². The number of nitrogens with two attached hydrogens (primary N) is 1. The third kappa shape index (κ3) is 1.91. The van der Waals surface area contributed by atoms with E-state index in [1.807, 2.05) is 6.92 Å². The van der Waals surface area contributed by atoms with Crippen molar-refractivity contribution >= 4 is 5.84 Å². The number of rotatable bonds is 3. The molecule has 0 spiro atoms. The zero-order chi connectivity index (χ0) is 8.97. The van der Waals surface area contributed by atoms with Crippen LogP contribution >= 0.6 is 0 Å². The summed E-state index contributed by atoms with van der Waals surface area (Å²) in [7, 11) is 0. The number of nitrogens with one attached hydrogen (secondary N) is 1. The van der Waals surface area contributed by atoms with Crippen molar-refractivity contribution < 1.29 is 4.74 Å². The molecule has 0 fully saturated rings. The third-order valence-electron chi connectivity index (χ3n) is 1.21. The second-order valence-electron chi connectivity index (χ2n) is 2.10. The Morgan fingerprint density at radius 1 is 1.58 bits per heavy atom. The molecule has 1 aromatic heterocycles. The quantitative estimate of drug-likeness (QED) is 0.494. The van der Waals surface area contributed by atoms with Gasteiger partial charge in [0.2, 0.25) is 5.88 Å². The van der Waals surface area contributed by atoms with Gasteiger partial charge in [0, 0.05) is 6.07 Å². The van der Waals surface area contributed by atoms with E-state index >= 15 is 0 Å². The van der Waals surface area contributed by atoms with Crippen molar-refractivity contribution in [3.05, 3.63) is 17.8 Å². The Balaban J connectivity index is 2.78. The maximum absolute atomic E-state index is 7.04. The second-order valence-corrected chi connectivity index (χ2v) is 2.10. The highest BCUT2D eigenvalue weighted by Crippen LogP contribution is 2.03. The van der Waals surface area contributed by atoms with E-state index < -0.39 is 0 Å². The van der Waals surface area contributed by atoms with Gasteiger partial charge in [-0.3, -0.25) is 5.41 Å². The van der Waals surface area contributed by atoms with Gasteiger partial charge < -0.3 is 10.5 Å². The topological polar surface area (TPSA) is 84.9 Å². The molecule has 12 heavy (non-hydrogen) atoms. The summed E-state index contributed by atoms with van der Waals surface area (Å²) in [5, 5.41) is 14.4. The van der Waals surface area contributed by atoms with Crippen LogP contribution < -0.4 is 10.5 Å². The Bertz CT molecular complexity index is 269. The second kappa shape index (κ2) is 3.66. The predicted octanol–water partition coefficient (Wildman–Crippen LogP) is 0.159. The Hall–Kier alpha value is -1.65. The number of nitrogen functional groups attached to an aromatic ring is 1. The van der Waals surface area contributed by atoms with E-state index in [0.717, 1.165) is 0 Å². The first kappa shape index (κ1) is 8.45. The molecule has 0 saturated carbocycles. The molecule has 1 aromatic rings. The van der Waals surface area contributed by atoms with Gasteiger partial charge in [-0.05, 0) is 13.0 Å². The van der Waals surface area contributed by atoms with Crippen molar-refractivity contribution in [3.63, 3.8) is 0 Å². The molecule has 0 amide bonds. The summed E-state index contributed by atoms with van der Waals surface area (Å²) in [4.78, 5) is 0. The molecule has 0 radical (unpaired) electrons. The van der Waals surface area contributed by atoms with Gasteiger partial charge in [0.15, 0.2) is 0 Å². The first-order chi connectivity index (χ1) is 5.74. The van der Waals surface area contributed by atoms with E-state index in [0.29, 0.717) is 18.2 Å². The molecule has 0 aliphatic rings. The summed E-state index contributed by atoms with van der Waals surface area (Å²) < 4.78 is 5.06. The lowest BCUT2D eigenvalue weighted by atomic mass is 10.4. The summed E-state index contributed by atoms with van der Waals surface area (Å²) in [5.74, 6) is 0.355. The molecule has 0 bridgehead atoms. The smallest absolute Gasteiger partial charge is 0.233 e. The molecule has 5 heteroatoms. The lowest BCUT2D eigenvalue weighted by Crippen LogP contribution is -2.13. The van der Waals surface area contributed by atoms with Crippen LogP contribution in [0.2, 0.25) is 0 Å². The first-order valence-electron chi connectivity index (χ1n) is 3.55. The fourth-order valence-corrected chi connectivity index (χ4v) is 0.689. The van der Waals surface area contributed by atoms with Gasteiger partial charge in [-0.2, -0.15) is 0 Å². The summed E-state index contributed by atoms with van der Waals surface area (Å²) >= 11 is 0. The van der Waals surface area contributed by atoms with Crippen molar-refractivity contribution in [2.75, 3.05) is 6.61 Å². The van der Waals surface area contributed by atoms with Crippen molar-refractivity contribution in [2.45, 2.75) is 6.92 Å². The number of aromatic nitrogens is 2. The van der Waals surface area contributed by atoms with Gasteiger partial charge in [-0.1, -0.05) is 0 Å². The number of hydrogen-bond donors (Lipinski definition) is 2. The molecule has 0 aliphatic carbocycles. The molecule has 0 saturated heterocycles. The molecule has 0 aliphatic heterocycles. The van der Waals surface area contributed by atoms with E-state index in [1.54, 1.807) is 12.1 Å². The highest BCUT2D eigenvalue weighted by molar-refractivity contribution is 5.92. The van der Waals surface area contributed by atoms with Gasteiger partial charge in [-0.15, -0.1) is 10.2 Å². The molecular formula is C7H10N4O. The monoisotopic (exact) mass is 166 g/mol. The minimum Gasteiger partial charge on any atom is -0.477 e. The standard InChI is InChI=1S/C7H10N4O/c1-2-12-6-4-3-5(7(8)9)10-11-6/h3-4H,2H2,1H3,(H3,8,9). The summed E-state index contributed by atoms with van der Waals surface area (Å²) in [6, 6.07) is 3.23. The van der Waals surface area contributed by atoms with Crippen LogP contribution in [0.25, 0.3) is 0 Å². The fraction of sp³-hybridized carbons (Fsp3) is 0.286. The molecule has 0 aromatic carbocycles. The molecule has 3 N–H and O–H groups in total. The number of nitrogens with zero attached hydrogens (tertiary/aromatic N) is 2. The molecule has 0 atom stereocenters.